The molecule has 0 fully saturated rings. The number of rotatable bonds is 10. The molecule has 0 unspecified atom stereocenters. The maximum absolute atomic E-state index is 14.6. The van der Waals surface area contributed by atoms with Crippen molar-refractivity contribution in [3.8, 4) is 11.3 Å². The third-order valence-electron chi connectivity index (χ3n) is 6.37. The minimum absolute atomic E-state index is 0.0423. The van der Waals surface area contributed by atoms with Gasteiger partial charge in [-0.1, -0.05) is 72.3 Å². The van der Waals surface area contributed by atoms with Crippen LogP contribution in [-0.2, 0) is 9.59 Å². The summed E-state index contributed by atoms with van der Waals surface area (Å²) >= 11 is 8.88. The molecule has 5 aromatic rings. The molecule has 4 aromatic carbocycles. The number of thiazole rings is 1. The van der Waals surface area contributed by atoms with E-state index < -0.39 is 17.6 Å². The van der Waals surface area contributed by atoms with Gasteiger partial charge in [0.15, 0.2) is 5.13 Å². The van der Waals surface area contributed by atoms with Gasteiger partial charge in [-0.25, -0.2) is 9.37 Å². The molecule has 3 amide bonds. The van der Waals surface area contributed by atoms with Crippen LogP contribution < -0.4 is 16.0 Å². The molecule has 5 rings (SSSR count). The summed E-state index contributed by atoms with van der Waals surface area (Å²) in [5.74, 6) is -2.00. The number of anilines is 2. The molecule has 45 heavy (non-hydrogen) atoms. The molecule has 1 aromatic heterocycles. The highest BCUT2D eigenvalue weighted by molar-refractivity contribution is 8.00. The van der Waals surface area contributed by atoms with Crippen LogP contribution in [0.15, 0.2) is 114 Å². The lowest BCUT2D eigenvalue weighted by molar-refractivity contribution is -0.114. The van der Waals surface area contributed by atoms with E-state index in [1.807, 2.05) is 43.3 Å². The fourth-order valence-corrected chi connectivity index (χ4v) is 6.04. The standard InChI is InChI=1S/C34H26ClFN4O3S2/c1-21-31(22-10-4-2-5-11-22)40-34(45-21)39-30(41)20-44-25-15-8-14-24(18-25)37-33(43)29(19-26-27(35)16-9-17-28(26)36)38-32(42)23-12-6-3-7-13-23/h2-19H,20H2,1H3,(H,37,43)(H,38,42)(H,39,40,41)/b29-19+. The van der Waals surface area contributed by atoms with Gasteiger partial charge in [0.05, 0.1) is 16.5 Å². The second kappa shape index (κ2) is 14.8. The average molecular weight is 657 g/mol. The van der Waals surface area contributed by atoms with Crippen molar-refractivity contribution in [2.24, 2.45) is 0 Å². The van der Waals surface area contributed by atoms with E-state index in [0.29, 0.717) is 16.4 Å². The lowest BCUT2D eigenvalue weighted by atomic mass is 10.1. The van der Waals surface area contributed by atoms with Gasteiger partial charge in [0, 0.05) is 32.2 Å². The normalized spacial score (nSPS) is 11.1. The van der Waals surface area contributed by atoms with Crippen molar-refractivity contribution >= 4 is 69.3 Å². The fourth-order valence-electron chi connectivity index (χ4n) is 4.22. The zero-order valence-electron chi connectivity index (χ0n) is 23.8. The smallest absolute Gasteiger partial charge is 0.272 e. The monoisotopic (exact) mass is 656 g/mol. The van der Waals surface area contributed by atoms with Crippen LogP contribution in [0.5, 0.6) is 0 Å². The van der Waals surface area contributed by atoms with Crippen LogP contribution in [0.25, 0.3) is 17.3 Å². The Balaban J connectivity index is 1.26. The first-order chi connectivity index (χ1) is 21.8. The van der Waals surface area contributed by atoms with Gasteiger partial charge in [0.1, 0.15) is 11.5 Å². The number of nitrogens with one attached hydrogen (secondary N) is 3. The summed E-state index contributed by atoms with van der Waals surface area (Å²) in [6.45, 7) is 1.96. The molecular formula is C34H26ClFN4O3S2. The number of amides is 3. The van der Waals surface area contributed by atoms with Gasteiger partial charge in [-0.2, -0.15) is 0 Å². The maximum Gasteiger partial charge on any atom is 0.272 e. The molecule has 0 atom stereocenters. The van der Waals surface area contributed by atoms with E-state index in [1.54, 1.807) is 48.5 Å². The van der Waals surface area contributed by atoms with E-state index >= 15 is 0 Å². The highest BCUT2D eigenvalue weighted by Gasteiger charge is 2.18. The van der Waals surface area contributed by atoms with E-state index in [4.69, 9.17) is 11.6 Å². The number of aryl methyl sites for hydroxylation is 1. The number of halogens is 2. The Hall–Kier alpha value is -4.77. The summed E-state index contributed by atoms with van der Waals surface area (Å²) in [4.78, 5) is 45.3. The minimum atomic E-state index is -0.688. The highest BCUT2D eigenvalue weighted by Crippen LogP contribution is 2.31. The van der Waals surface area contributed by atoms with Gasteiger partial charge in [-0.3, -0.25) is 14.4 Å². The van der Waals surface area contributed by atoms with Crippen molar-refractivity contribution < 1.29 is 18.8 Å². The summed E-state index contributed by atoms with van der Waals surface area (Å²) in [7, 11) is 0. The van der Waals surface area contributed by atoms with Crippen LogP contribution in [0, 0.1) is 12.7 Å². The summed E-state index contributed by atoms with van der Waals surface area (Å²) in [6, 6.07) is 29.1. The summed E-state index contributed by atoms with van der Waals surface area (Å²) < 4.78 is 14.6. The van der Waals surface area contributed by atoms with Gasteiger partial charge in [0.2, 0.25) is 5.91 Å². The van der Waals surface area contributed by atoms with Crippen LogP contribution in [0.3, 0.4) is 0 Å². The molecule has 0 aliphatic rings. The lowest BCUT2D eigenvalue weighted by Gasteiger charge is -2.13. The van der Waals surface area contributed by atoms with Crippen molar-refractivity contribution in [1.82, 2.24) is 10.3 Å². The SMILES string of the molecule is Cc1sc(NC(=O)CSc2cccc(NC(=O)/C(=C\c3c(F)cccc3Cl)NC(=O)c3ccccc3)c2)nc1-c1ccccc1. The fraction of sp³-hybridized carbons (Fsp3) is 0.0588. The maximum atomic E-state index is 14.6. The van der Waals surface area contributed by atoms with Crippen LogP contribution >= 0.6 is 34.7 Å². The third-order valence-corrected chi connectivity index (χ3v) is 8.58. The van der Waals surface area contributed by atoms with Crippen molar-refractivity contribution in [2.45, 2.75) is 11.8 Å². The molecule has 0 aliphatic heterocycles. The van der Waals surface area contributed by atoms with Gasteiger partial charge in [0.25, 0.3) is 11.8 Å². The Kier molecular flexibility index (Phi) is 10.4. The average Bonchev–Trinajstić information content (AvgIpc) is 3.41. The number of hydrogen-bond donors (Lipinski definition) is 3. The molecule has 0 bridgehead atoms. The quantitative estimate of drug-likeness (QED) is 0.104. The summed E-state index contributed by atoms with van der Waals surface area (Å²) in [5, 5.41) is 8.77. The highest BCUT2D eigenvalue weighted by atomic mass is 35.5. The molecule has 0 radical (unpaired) electrons. The number of nitrogens with zero attached hydrogens (tertiary/aromatic N) is 1. The molecule has 11 heteroatoms. The Morgan fingerprint density at radius 3 is 2.36 bits per heavy atom. The largest absolute Gasteiger partial charge is 0.321 e. The van der Waals surface area contributed by atoms with E-state index in [1.165, 1.54) is 47.4 Å². The zero-order valence-corrected chi connectivity index (χ0v) is 26.2. The summed E-state index contributed by atoms with van der Waals surface area (Å²) in [5.41, 5.74) is 2.29. The topological polar surface area (TPSA) is 100 Å². The number of aromatic nitrogens is 1. The van der Waals surface area contributed by atoms with Crippen molar-refractivity contribution in [3.05, 3.63) is 136 Å². The molecule has 0 saturated heterocycles. The first kappa shape index (κ1) is 31.6. The van der Waals surface area contributed by atoms with Crippen LogP contribution in [0.1, 0.15) is 20.8 Å². The Morgan fingerprint density at radius 1 is 0.911 bits per heavy atom. The van der Waals surface area contributed by atoms with E-state index in [9.17, 15) is 18.8 Å². The Bertz CT molecular complexity index is 1860. The number of thioether (sulfide) groups is 1. The predicted molar refractivity (Wildman–Crippen MR) is 180 cm³/mol. The molecule has 7 nitrogen and oxygen atoms in total. The number of carbonyl (C=O) groups is 3. The third kappa shape index (κ3) is 8.45. The zero-order chi connectivity index (χ0) is 31.8. The molecule has 1 heterocycles. The number of benzene rings is 4. The van der Waals surface area contributed by atoms with Crippen LogP contribution in [0.4, 0.5) is 15.2 Å². The second-order valence-electron chi connectivity index (χ2n) is 9.62. The van der Waals surface area contributed by atoms with Gasteiger partial charge in [-0.05, 0) is 55.5 Å². The van der Waals surface area contributed by atoms with E-state index in [-0.39, 0.29) is 27.9 Å². The molecule has 0 aliphatic carbocycles. The Morgan fingerprint density at radius 2 is 1.62 bits per heavy atom. The van der Waals surface area contributed by atoms with Gasteiger partial charge in [-0.15, -0.1) is 23.1 Å². The second-order valence-corrected chi connectivity index (χ2v) is 12.3. The van der Waals surface area contributed by atoms with Gasteiger partial charge < -0.3 is 16.0 Å². The van der Waals surface area contributed by atoms with Crippen LogP contribution in [-0.4, -0.2) is 28.5 Å². The van der Waals surface area contributed by atoms with E-state index in [2.05, 4.69) is 20.9 Å². The van der Waals surface area contributed by atoms with E-state index in [0.717, 1.165) is 21.0 Å². The minimum Gasteiger partial charge on any atom is -0.321 e. The number of hydrogen-bond acceptors (Lipinski definition) is 6. The molecule has 226 valence electrons. The van der Waals surface area contributed by atoms with Gasteiger partial charge >= 0.3 is 0 Å². The molecule has 3 N–H and O–H groups in total. The summed E-state index contributed by atoms with van der Waals surface area (Å²) in [6.07, 6.45) is 1.19. The van der Waals surface area contributed by atoms with Crippen LogP contribution in [0.2, 0.25) is 5.02 Å². The number of carbonyl (C=O) groups excluding carboxylic acids is 3. The first-order valence-electron chi connectivity index (χ1n) is 13.7. The van der Waals surface area contributed by atoms with Crippen molar-refractivity contribution in [1.29, 1.82) is 0 Å². The van der Waals surface area contributed by atoms with Crippen molar-refractivity contribution in [3.63, 3.8) is 0 Å². The lowest BCUT2D eigenvalue weighted by Crippen LogP contribution is -2.30. The molecule has 0 saturated carbocycles. The molecular weight excluding hydrogens is 631 g/mol. The Labute approximate surface area is 272 Å². The predicted octanol–water partition coefficient (Wildman–Crippen LogP) is 8.05. The molecule has 0 spiro atoms. The van der Waals surface area contributed by atoms with Crippen molar-refractivity contribution in [2.75, 3.05) is 16.4 Å². The first-order valence-corrected chi connectivity index (χ1v) is 15.8.